The molecule has 2 aliphatic carbocycles. The average molecular weight is 401 g/mol. The summed E-state index contributed by atoms with van der Waals surface area (Å²) in [5.41, 5.74) is 5.58. The first-order valence-corrected chi connectivity index (χ1v) is 10.6. The summed E-state index contributed by atoms with van der Waals surface area (Å²) < 4.78 is 16.6. The zero-order valence-corrected chi connectivity index (χ0v) is 17.0. The first-order chi connectivity index (χ1) is 13.3. The molecule has 3 N–H and O–H groups in total. The summed E-state index contributed by atoms with van der Waals surface area (Å²) in [5, 5.41) is 13.2. The molecule has 0 saturated carbocycles. The van der Waals surface area contributed by atoms with E-state index in [0.717, 1.165) is 56.2 Å². The number of rotatable bonds is 4. The quantitative estimate of drug-likeness (QED) is 0.643. The third-order valence-corrected chi connectivity index (χ3v) is 6.31. The summed E-state index contributed by atoms with van der Waals surface area (Å²) >= 11 is 1.05. The van der Waals surface area contributed by atoms with Crippen molar-refractivity contribution in [2.24, 2.45) is 0 Å². The summed E-state index contributed by atoms with van der Waals surface area (Å²) in [6, 6.07) is 6.35. The monoisotopic (exact) mass is 400 g/mol. The molecule has 0 radical (unpaired) electrons. The van der Waals surface area contributed by atoms with Gasteiger partial charge in [-0.05, 0) is 110 Å². The molecular formula is C22H25FN2O2S. The van der Waals surface area contributed by atoms with Crippen LogP contribution >= 0.6 is 11.9 Å². The van der Waals surface area contributed by atoms with Gasteiger partial charge in [-0.15, -0.1) is 0 Å². The topological polar surface area (TPSA) is 61.4 Å². The number of hydrogen-bond donors (Lipinski definition) is 3. The van der Waals surface area contributed by atoms with Crippen molar-refractivity contribution in [3.05, 3.63) is 57.9 Å². The van der Waals surface area contributed by atoms with E-state index in [1.807, 2.05) is 0 Å². The predicted molar refractivity (Wildman–Crippen MR) is 110 cm³/mol. The molecule has 4 nitrogen and oxygen atoms in total. The highest BCUT2D eigenvalue weighted by Gasteiger charge is 2.25. The van der Waals surface area contributed by atoms with E-state index < -0.39 is 11.4 Å². The van der Waals surface area contributed by atoms with Crippen LogP contribution in [0.1, 0.15) is 54.5 Å². The van der Waals surface area contributed by atoms with Gasteiger partial charge in [0.15, 0.2) is 0 Å². The number of aryl methyl sites for hydroxylation is 2. The van der Waals surface area contributed by atoms with E-state index in [1.54, 1.807) is 19.9 Å². The minimum atomic E-state index is -1.15. The van der Waals surface area contributed by atoms with Gasteiger partial charge in [0, 0.05) is 10.6 Å². The molecule has 0 aromatic heterocycles. The van der Waals surface area contributed by atoms with Crippen molar-refractivity contribution in [3.8, 4) is 0 Å². The van der Waals surface area contributed by atoms with Crippen LogP contribution in [0.4, 0.5) is 14.9 Å². The molecule has 2 aromatic carbocycles. The van der Waals surface area contributed by atoms with Gasteiger partial charge in [-0.1, -0.05) is 6.07 Å². The van der Waals surface area contributed by atoms with E-state index >= 15 is 0 Å². The van der Waals surface area contributed by atoms with Crippen LogP contribution in [0.5, 0.6) is 0 Å². The molecule has 0 atom stereocenters. The number of benzene rings is 2. The Morgan fingerprint density at radius 1 is 1.04 bits per heavy atom. The van der Waals surface area contributed by atoms with E-state index in [1.165, 1.54) is 34.4 Å². The third kappa shape index (κ3) is 3.89. The number of amides is 2. The normalized spacial score (nSPS) is 15.3. The number of anilines is 1. The highest BCUT2D eigenvalue weighted by molar-refractivity contribution is 7.98. The molecule has 2 aliphatic rings. The number of carbonyl (C=O) groups excluding carboxylic acids is 1. The Kier molecular flexibility index (Phi) is 5.10. The second kappa shape index (κ2) is 7.41. The Labute approximate surface area is 169 Å². The standard InChI is InChI=1S/C22H25FN2O2S/c1-22(2,27)15-10-16(23)12-17(11-15)28-25-21(26)24-20-18-7-3-5-13(18)9-14-6-4-8-19(14)20/h9-12,27H,3-8H2,1-2H3,(H2,24,25,26). The molecule has 2 amide bonds. The fourth-order valence-corrected chi connectivity index (χ4v) is 4.81. The summed E-state index contributed by atoms with van der Waals surface area (Å²) in [4.78, 5) is 13.1. The van der Waals surface area contributed by atoms with Gasteiger partial charge in [0.2, 0.25) is 0 Å². The second-order valence-electron chi connectivity index (χ2n) is 8.13. The molecule has 0 aliphatic heterocycles. The molecule has 0 bridgehead atoms. The van der Waals surface area contributed by atoms with Gasteiger partial charge in [0.1, 0.15) is 5.82 Å². The van der Waals surface area contributed by atoms with Crippen LogP contribution in [0, 0.1) is 5.82 Å². The molecule has 0 heterocycles. The third-order valence-electron chi connectivity index (χ3n) is 5.55. The first kappa shape index (κ1) is 19.3. The molecule has 148 valence electrons. The number of nitrogens with one attached hydrogen (secondary N) is 2. The van der Waals surface area contributed by atoms with Gasteiger partial charge in [-0.2, -0.15) is 0 Å². The van der Waals surface area contributed by atoms with E-state index in [-0.39, 0.29) is 6.03 Å². The summed E-state index contributed by atoms with van der Waals surface area (Å²) in [6.45, 7) is 3.21. The van der Waals surface area contributed by atoms with Crippen molar-refractivity contribution >= 4 is 23.7 Å². The lowest BCUT2D eigenvalue weighted by atomic mass is 9.99. The summed E-state index contributed by atoms with van der Waals surface area (Å²) in [7, 11) is 0. The predicted octanol–water partition coefficient (Wildman–Crippen LogP) is 4.86. The van der Waals surface area contributed by atoms with Crippen LogP contribution in [0.2, 0.25) is 0 Å². The van der Waals surface area contributed by atoms with Crippen LogP contribution in [0.25, 0.3) is 0 Å². The maximum atomic E-state index is 13.9. The molecule has 6 heteroatoms. The summed E-state index contributed by atoms with van der Waals surface area (Å²) in [5.74, 6) is -0.442. The van der Waals surface area contributed by atoms with Crippen LogP contribution < -0.4 is 10.0 Å². The van der Waals surface area contributed by atoms with Gasteiger partial charge < -0.3 is 10.4 Å². The Bertz CT molecular complexity index is 905. The molecule has 2 aromatic rings. The van der Waals surface area contributed by atoms with Crippen LogP contribution in [-0.2, 0) is 31.3 Å². The fraction of sp³-hybridized carbons (Fsp3) is 0.409. The number of hydrogen-bond acceptors (Lipinski definition) is 3. The summed E-state index contributed by atoms with van der Waals surface area (Å²) in [6.07, 6.45) is 6.43. The van der Waals surface area contributed by atoms with Gasteiger partial charge in [-0.3, -0.25) is 4.72 Å². The lowest BCUT2D eigenvalue weighted by molar-refractivity contribution is 0.0780. The van der Waals surface area contributed by atoms with Gasteiger partial charge >= 0.3 is 6.03 Å². The van der Waals surface area contributed by atoms with Crippen molar-refractivity contribution < 1.29 is 14.3 Å². The Balaban J connectivity index is 1.49. The number of carbonyl (C=O) groups is 1. The van der Waals surface area contributed by atoms with Crippen molar-refractivity contribution in [2.45, 2.75) is 62.9 Å². The van der Waals surface area contributed by atoms with Crippen LogP contribution in [0.15, 0.2) is 29.2 Å². The van der Waals surface area contributed by atoms with E-state index in [0.29, 0.717) is 10.5 Å². The lowest BCUT2D eigenvalue weighted by Crippen LogP contribution is -2.24. The maximum Gasteiger partial charge on any atom is 0.329 e. The van der Waals surface area contributed by atoms with Gasteiger partial charge in [-0.25, -0.2) is 9.18 Å². The molecule has 0 saturated heterocycles. The largest absolute Gasteiger partial charge is 0.386 e. The van der Waals surface area contributed by atoms with Crippen LogP contribution in [0.3, 0.4) is 0 Å². The smallest absolute Gasteiger partial charge is 0.329 e. The molecule has 28 heavy (non-hydrogen) atoms. The SMILES string of the molecule is CC(C)(O)c1cc(F)cc(SNC(=O)Nc2c3c(cc4c2CCC4)CCC3)c1. The number of urea groups is 1. The Morgan fingerprint density at radius 3 is 2.29 bits per heavy atom. The zero-order valence-electron chi connectivity index (χ0n) is 16.2. The minimum absolute atomic E-state index is 0.312. The molecular weight excluding hydrogens is 375 g/mol. The highest BCUT2D eigenvalue weighted by atomic mass is 32.2. The van der Waals surface area contributed by atoms with E-state index in [9.17, 15) is 14.3 Å². The van der Waals surface area contributed by atoms with Crippen molar-refractivity contribution in [1.82, 2.24) is 4.72 Å². The zero-order chi connectivity index (χ0) is 19.9. The van der Waals surface area contributed by atoms with Gasteiger partial charge in [0.05, 0.1) is 5.60 Å². The molecule has 0 unspecified atom stereocenters. The first-order valence-electron chi connectivity index (χ1n) is 9.75. The Morgan fingerprint density at radius 2 is 1.68 bits per heavy atom. The van der Waals surface area contributed by atoms with E-state index in [4.69, 9.17) is 0 Å². The van der Waals surface area contributed by atoms with Crippen molar-refractivity contribution in [1.29, 1.82) is 0 Å². The number of aliphatic hydroxyl groups is 1. The highest BCUT2D eigenvalue weighted by Crippen LogP contribution is 2.38. The lowest BCUT2D eigenvalue weighted by Gasteiger charge is -2.19. The fourth-order valence-electron chi connectivity index (χ4n) is 4.19. The maximum absolute atomic E-state index is 13.9. The van der Waals surface area contributed by atoms with Gasteiger partial charge in [0.25, 0.3) is 0 Å². The number of fused-ring (bicyclic) bond motifs is 2. The van der Waals surface area contributed by atoms with Crippen LogP contribution in [-0.4, -0.2) is 11.1 Å². The number of halogens is 1. The van der Waals surface area contributed by atoms with E-state index in [2.05, 4.69) is 16.1 Å². The molecule has 0 fully saturated rings. The molecule has 4 rings (SSSR count). The second-order valence-corrected chi connectivity index (χ2v) is 9.01. The molecule has 0 spiro atoms. The Hall–Kier alpha value is -2.05. The average Bonchev–Trinajstić information content (AvgIpc) is 3.27. The van der Waals surface area contributed by atoms with Crippen molar-refractivity contribution in [2.75, 3.05) is 5.32 Å². The minimum Gasteiger partial charge on any atom is -0.386 e. The van der Waals surface area contributed by atoms with Crippen molar-refractivity contribution in [3.63, 3.8) is 0 Å².